The van der Waals surface area contributed by atoms with Gasteiger partial charge in [0.1, 0.15) is 12.4 Å². The number of benzene rings is 2. The van der Waals surface area contributed by atoms with Crippen LogP contribution in [0.15, 0.2) is 55.3 Å². The number of amides is 4. The van der Waals surface area contributed by atoms with E-state index in [2.05, 4.69) is 22.2 Å². The number of piperidine rings is 1. The highest BCUT2D eigenvalue weighted by molar-refractivity contribution is 6.06. The average Bonchev–Trinajstić information content (AvgIpc) is 3.49. The number of rotatable bonds is 12. The number of imidazole rings is 1. The van der Waals surface area contributed by atoms with Gasteiger partial charge in [-0.05, 0) is 82.6 Å². The van der Waals surface area contributed by atoms with Gasteiger partial charge in [0.05, 0.1) is 23.9 Å². The lowest BCUT2D eigenvalue weighted by atomic mass is 10.00. The number of aromatic nitrogens is 2. The lowest BCUT2D eigenvalue weighted by Gasteiger charge is -2.42. The number of aryl methyl sites for hydroxylation is 3. The smallest absolute Gasteiger partial charge is 0.416 e. The molecular formula is C39H48N6O8. The first-order chi connectivity index (χ1) is 25.6. The van der Waals surface area contributed by atoms with Crippen LogP contribution in [0, 0.1) is 13.8 Å². The van der Waals surface area contributed by atoms with Crippen molar-refractivity contribution in [3.05, 3.63) is 77.8 Å². The van der Waals surface area contributed by atoms with E-state index in [0.717, 1.165) is 31.2 Å². The maximum absolute atomic E-state index is 14.1. The van der Waals surface area contributed by atoms with Crippen LogP contribution in [0.5, 0.6) is 5.75 Å². The van der Waals surface area contributed by atoms with Crippen LogP contribution in [0.1, 0.15) is 83.5 Å². The average molecular weight is 729 g/mol. The first-order valence-electron chi connectivity index (χ1n) is 18.3. The zero-order valence-electron chi connectivity index (χ0n) is 30.6. The van der Waals surface area contributed by atoms with Crippen molar-refractivity contribution < 1.29 is 38.1 Å². The number of anilines is 3. The van der Waals surface area contributed by atoms with E-state index in [1.165, 1.54) is 11.0 Å². The van der Waals surface area contributed by atoms with Gasteiger partial charge in [0.15, 0.2) is 18.3 Å². The molecule has 2 fully saturated rings. The Bertz CT molecular complexity index is 1820. The van der Waals surface area contributed by atoms with Gasteiger partial charge < -0.3 is 39.0 Å². The third kappa shape index (κ3) is 8.88. The fourth-order valence-electron chi connectivity index (χ4n) is 6.88. The topological polar surface area (TPSA) is 154 Å². The summed E-state index contributed by atoms with van der Waals surface area (Å²) in [6.07, 6.45) is 6.47. The van der Waals surface area contributed by atoms with E-state index in [4.69, 9.17) is 18.9 Å². The van der Waals surface area contributed by atoms with Gasteiger partial charge in [-0.2, -0.15) is 0 Å². The zero-order chi connectivity index (χ0) is 37.5. The van der Waals surface area contributed by atoms with Crippen LogP contribution < -0.4 is 20.3 Å². The van der Waals surface area contributed by atoms with Crippen molar-refractivity contribution in [2.45, 2.75) is 83.8 Å². The maximum Gasteiger partial charge on any atom is 0.416 e. The highest BCUT2D eigenvalue weighted by Crippen LogP contribution is 2.40. The fraction of sp³-hybridized carbons (Fsp3) is 0.462. The van der Waals surface area contributed by atoms with Crippen LogP contribution in [0.25, 0.3) is 0 Å². The molecule has 4 heterocycles. The molecule has 282 valence electrons. The summed E-state index contributed by atoms with van der Waals surface area (Å²) >= 11 is 0. The van der Waals surface area contributed by atoms with Crippen molar-refractivity contribution in [2.24, 2.45) is 7.05 Å². The first kappa shape index (κ1) is 37.5. The Hall–Kier alpha value is -5.21. The number of ether oxygens (including phenoxy) is 4. The van der Waals surface area contributed by atoms with Crippen LogP contribution in [0.3, 0.4) is 0 Å². The standard InChI is InChI=1S/C39H48N6O8/c1-5-19-52-39(49)45-30-23-31(26(3)22-28(30)37(48)44-18-8-6-11-29(44)38(45)53-34-13-7-9-20-51-34)50-21-10-12-33(46)41-32-24-43(4)35(42-32)36(47)40-27-16-14-25(2)15-17-27/h5,14-17,22-24,29,34,38H,1,6-13,18-21H2,2-4H3,(H,40,47)(H,41,46)/t29-,34?,38-/m0/s1. The van der Waals surface area contributed by atoms with Gasteiger partial charge in [-0.1, -0.05) is 30.4 Å². The van der Waals surface area contributed by atoms with Crippen LogP contribution in [-0.4, -0.2) is 83.2 Å². The number of fused-ring (bicyclic) bond motifs is 2. The van der Waals surface area contributed by atoms with Crippen molar-refractivity contribution >= 4 is 41.0 Å². The van der Waals surface area contributed by atoms with Gasteiger partial charge in [-0.15, -0.1) is 0 Å². The summed E-state index contributed by atoms with van der Waals surface area (Å²) in [7, 11) is 1.68. The number of carbonyl (C=O) groups excluding carboxylic acids is 4. The van der Waals surface area contributed by atoms with E-state index in [9.17, 15) is 19.2 Å². The van der Waals surface area contributed by atoms with Gasteiger partial charge in [-0.3, -0.25) is 14.4 Å². The molecule has 2 N–H and O–H groups in total. The highest BCUT2D eigenvalue weighted by Gasteiger charge is 2.46. The molecule has 14 heteroatoms. The summed E-state index contributed by atoms with van der Waals surface area (Å²) in [5, 5.41) is 5.57. The predicted octanol–water partition coefficient (Wildman–Crippen LogP) is 6.09. The molecule has 3 atom stereocenters. The zero-order valence-corrected chi connectivity index (χ0v) is 30.6. The second-order valence-corrected chi connectivity index (χ2v) is 13.6. The van der Waals surface area contributed by atoms with Crippen LogP contribution >= 0.6 is 0 Å². The minimum absolute atomic E-state index is 0.0165. The molecule has 2 aromatic carbocycles. The molecule has 14 nitrogen and oxygen atoms in total. The molecule has 2 saturated heterocycles. The number of carbonyl (C=O) groups is 4. The van der Waals surface area contributed by atoms with E-state index >= 15 is 0 Å². The predicted molar refractivity (Wildman–Crippen MR) is 198 cm³/mol. The monoisotopic (exact) mass is 728 g/mol. The summed E-state index contributed by atoms with van der Waals surface area (Å²) in [5.74, 6) is -0.00275. The van der Waals surface area contributed by atoms with Crippen molar-refractivity contribution in [3.63, 3.8) is 0 Å². The first-order valence-corrected chi connectivity index (χ1v) is 18.3. The largest absolute Gasteiger partial charge is 0.493 e. The van der Waals surface area contributed by atoms with Gasteiger partial charge in [0, 0.05) is 44.6 Å². The highest BCUT2D eigenvalue weighted by atomic mass is 16.7. The Morgan fingerprint density at radius 2 is 1.85 bits per heavy atom. The number of hydrogen-bond donors (Lipinski definition) is 2. The third-order valence-corrected chi connectivity index (χ3v) is 9.59. The Balaban J connectivity index is 1.14. The lowest BCUT2D eigenvalue weighted by molar-refractivity contribution is -0.198. The van der Waals surface area contributed by atoms with Crippen LogP contribution in [0.2, 0.25) is 0 Å². The van der Waals surface area contributed by atoms with Crippen molar-refractivity contribution in [1.29, 1.82) is 0 Å². The minimum Gasteiger partial charge on any atom is -0.493 e. The molecule has 1 aromatic heterocycles. The maximum atomic E-state index is 14.1. The molecular weight excluding hydrogens is 680 g/mol. The molecule has 3 aliphatic rings. The fourth-order valence-corrected chi connectivity index (χ4v) is 6.88. The summed E-state index contributed by atoms with van der Waals surface area (Å²) < 4.78 is 25.8. The molecule has 0 aliphatic carbocycles. The molecule has 3 aromatic rings. The minimum atomic E-state index is -0.846. The molecule has 1 unspecified atom stereocenters. The Morgan fingerprint density at radius 3 is 2.60 bits per heavy atom. The molecule has 6 rings (SSSR count). The summed E-state index contributed by atoms with van der Waals surface area (Å²) in [4.78, 5) is 61.2. The van der Waals surface area contributed by atoms with Crippen molar-refractivity contribution in [2.75, 3.05) is 41.9 Å². The molecule has 3 aliphatic heterocycles. The second kappa shape index (κ2) is 17.1. The van der Waals surface area contributed by atoms with Crippen molar-refractivity contribution in [3.8, 4) is 5.75 Å². The molecule has 0 bridgehead atoms. The summed E-state index contributed by atoms with van der Waals surface area (Å²) in [5.41, 5.74) is 3.11. The number of nitrogens with one attached hydrogen (secondary N) is 2. The molecule has 0 radical (unpaired) electrons. The quantitative estimate of drug-likeness (QED) is 0.167. The molecule has 0 saturated carbocycles. The number of nitrogens with zero attached hydrogens (tertiary/aromatic N) is 4. The third-order valence-electron chi connectivity index (χ3n) is 9.59. The van der Waals surface area contributed by atoms with E-state index in [-0.39, 0.29) is 43.1 Å². The molecule has 0 spiro atoms. The number of hydrogen-bond acceptors (Lipinski definition) is 9. The Kier molecular flexibility index (Phi) is 12.1. The van der Waals surface area contributed by atoms with E-state index in [1.54, 1.807) is 29.9 Å². The SMILES string of the molecule is C=CCOC(=O)N1c2cc(OCCCC(=O)Nc3cn(C)c(C(=O)Nc4ccc(C)cc4)n3)c(C)cc2C(=O)N2CCCC[C@H]2[C@@H]1OC1CCCCO1. The van der Waals surface area contributed by atoms with Crippen LogP contribution in [-0.2, 0) is 26.1 Å². The Morgan fingerprint density at radius 1 is 1.06 bits per heavy atom. The van der Waals surface area contributed by atoms with Gasteiger partial charge in [-0.25, -0.2) is 14.7 Å². The Labute approximate surface area is 309 Å². The van der Waals surface area contributed by atoms with Gasteiger partial charge in [0.2, 0.25) is 11.7 Å². The van der Waals surface area contributed by atoms with Gasteiger partial charge >= 0.3 is 6.09 Å². The summed E-state index contributed by atoms with van der Waals surface area (Å²) in [6.45, 7) is 8.76. The van der Waals surface area contributed by atoms with Gasteiger partial charge in [0.25, 0.3) is 11.8 Å². The van der Waals surface area contributed by atoms with Crippen molar-refractivity contribution in [1.82, 2.24) is 14.5 Å². The summed E-state index contributed by atoms with van der Waals surface area (Å²) in [6, 6.07) is 10.5. The van der Waals surface area contributed by atoms with Crippen LogP contribution in [0.4, 0.5) is 22.0 Å². The molecule has 53 heavy (non-hydrogen) atoms. The lowest BCUT2D eigenvalue weighted by Crippen LogP contribution is -2.57. The van der Waals surface area contributed by atoms with E-state index in [1.807, 2.05) is 43.0 Å². The molecule has 4 amide bonds. The van der Waals surface area contributed by atoms with E-state index in [0.29, 0.717) is 60.7 Å². The second-order valence-electron chi connectivity index (χ2n) is 13.6. The normalized spacial score (nSPS) is 19.8. The van der Waals surface area contributed by atoms with E-state index < -0.39 is 30.6 Å².